The molecule has 86 valence electrons. The predicted molar refractivity (Wildman–Crippen MR) is 63.7 cm³/mol. The number of ketones is 1. The molecular weight excluding hydrogens is 200 g/mol. The first-order valence-electron chi connectivity index (χ1n) is 5.90. The molecule has 0 radical (unpaired) electrons. The van der Waals surface area contributed by atoms with E-state index < -0.39 is 0 Å². The molecule has 0 saturated heterocycles. The lowest BCUT2D eigenvalue weighted by atomic mass is 9.79. The van der Waals surface area contributed by atoms with Gasteiger partial charge < -0.3 is 5.11 Å². The van der Waals surface area contributed by atoms with Gasteiger partial charge in [-0.15, -0.1) is 0 Å². The van der Waals surface area contributed by atoms with E-state index in [9.17, 15) is 9.90 Å². The Hall–Kier alpha value is -1.15. The smallest absolute Gasteiger partial charge is 0.159 e. The van der Waals surface area contributed by atoms with Gasteiger partial charge in [-0.3, -0.25) is 4.79 Å². The number of Topliss-reactive ketones (excluding diaryl/α,β-unsaturated/α-hetero) is 1. The van der Waals surface area contributed by atoms with Crippen molar-refractivity contribution in [2.24, 2.45) is 0 Å². The second-order valence-electron chi connectivity index (χ2n) is 4.78. The maximum atomic E-state index is 11.2. The summed E-state index contributed by atoms with van der Waals surface area (Å²) in [6.07, 6.45) is 4.50. The molecule has 1 aliphatic carbocycles. The summed E-state index contributed by atoms with van der Waals surface area (Å²) in [6.45, 7) is 1.79. The topological polar surface area (TPSA) is 37.3 Å². The molecule has 0 unspecified atom stereocenters. The lowest BCUT2D eigenvalue weighted by Gasteiger charge is -2.27. The number of hydrogen-bond acceptors (Lipinski definition) is 2. The highest BCUT2D eigenvalue weighted by molar-refractivity contribution is 5.94. The Morgan fingerprint density at radius 3 is 2.25 bits per heavy atom. The summed E-state index contributed by atoms with van der Waals surface area (Å²) >= 11 is 0. The third kappa shape index (κ3) is 1.90. The van der Waals surface area contributed by atoms with E-state index in [2.05, 4.69) is 0 Å². The molecule has 1 aromatic carbocycles. The Kier molecular flexibility index (Phi) is 3.10. The van der Waals surface area contributed by atoms with Crippen molar-refractivity contribution in [1.82, 2.24) is 0 Å². The maximum absolute atomic E-state index is 11.2. The molecule has 0 aromatic heterocycles. The van der Waals surface area contributed by atoms with E-state index in [4.69, 9.17) is 0 Å². The van der Waals surface area contributed by atoms with Gasteiger partial charge in [-0.25, -0.2) is 0 Å². The van der Waals surface area contributed by atoms with Crippen LogP contribution in [0.4, 0.5) is 0 Å². The summed E-state index contributed by atoms with van der Waals surface area (Å²) in [5, 5.41) is 9.58. The number of aliphatic hydroxyl groups is 1. The Morgan fingerprint density at radius 2 is 1.81 bits per heavy atom. The zero-order valence-electron chi connectivity index (χ0n) is 9.70. The Balaban J connectivity index is 2.29. The van der Waals surface area contributed by atoms with Gasteiger partial charge in [0.1, 0.15) is 0 Å². The lowest BCUT2D eigenvalue weighted by molar-refractivity contribution is 0.101. The Bertz CT molecular complexity index is 372. The van der Waals surface area contributed by atoms with Gasteiger partial charge in [0.05, 0.1) is 6.61 Å². The van der Waals surface area contributed by atoms with Crippen molar-refractivity contribution in [1.29, 1.82) is 0 Å². The molecule has 1 aromatic rings. The van der Waals surface area contributed by atoms with Gasteiger partial charge in [0.25, 0.3) is 0 Å². The Labute approximate surface area is 96.3 Å². The molecule has 0 heterocycles. The van der Waals surface area contributed by atoms with E-state index in [1.54, 1.807) is 6.92 Å². The number of carbonyl (C=O) groups excluding carboxylic acids is 1. The second kappa shape index (κ2) is 4.38. The second-order valence-corrected chi connectivity index (χ2v) is 4.78. The van der Waals surface area contributed by atoms with Crippen molar-refractivity contribution in [2.75, 3.05) is 6.61 Å². The van der Waals surface area contributed by atoms with Crippen LogP contribution in [0.1, 0.15) is 48.5 Å². The van der Waals surface area contributed by atoms with Gasteiger partial charge in [0.15, 0.2) is 5.78 Å². The van der Waals surface area contributed by atoms with Crippen LogP contribution in [-0.2, 0) is 5.41 Å². The normalized spacial score (nSPS) is 18.6. The van der Waals surface area contributed by atoms with Gasteiger partial charge in [0.2, 0.25) is 0 Å². The highest BCUT2D eigenvalue weighted by atomic mass is 16.3. The van der Waals surface area contributed by atoms with Crippen LogP contribution in [0.25, 0.3) is 0 Å². The largest absolute Gasteiger partial charge is 0.395 e. The number of carbonyl (C=O) groups is 1. The first-order chi connectivity index (χ1) is 7.68. The van der Waals surface area contributed by atoms with Gasteiger partial charge in [-0.05, 0) is 25.3 Å². The fourth-order valence-electron chi connectivity index (χ4n) is 2.65. The standard InChI is InChI=1S/C14H18O2/c1-11(16)12-4-6-13(7-5-12)14(10-15)8-2-3-9-14/h4-7,15H,2-3,8-10H2,1H3. The molecule has 1 fully saturated rings. The van der Waals surface area contributed by atoms with Crippen LogP contribution in [0.3, 0.4) is 0 Å². The molecule has 1 N–H and O–H groups in total. The van der Waals surface area contributed by atoms with E-state index in [1.807, 2.05) is 24.3 Å². The summed E-state index contributed by atoms with van der Waals surface area (Å²) in [6, 6.07) is 7.73. The van der Waals surface area contributed by atoms with Crippen LogP contribution < -0.4 is 0 Å². The first-order valence-corrected chi connectivity index (χ1v) is 5.90. The van der Waals surface area contributed by atoms with Crippen molar-refractivity contribution in [3.63, 3.8) is 0 Å². The average molecular weight is 218 g/mol. The zero-order chi connectivity index (χ0) is 11.6. The van der Waals surface area contributed by atoms with Crippen molar-refractivity contribution in [3.8, 4) is 0 Å². The van der Waals surface area contributed by atoms with Crippen LogP contribution in [0.5, 0.6) is 0 Å². The van der Waals surface area contributed by atoms with Crippen LogP contribution in [0.2, 0.25) is 0 Å². The van der Waals surface area contributed by atoms with E-state index in [0.29, 0.717) is 0 Å². The van der Waals surface area contributed by atoms with Crippen LogP contribution in [-0.4, -0.2) is 17.5 Å². The van der Waals surface area contributed by atoms with Gasteiger partial charge >= 0.3 is 0 Å². The fraction of sp³-hybridized carbons (Fsp3) is 0.500. The molecule has 0 atom stereocenters. The van der Waals surface area contributed by atoms with Crippen molar-refractivity contribution in [2.45, 2.75) is 38.0 Å². The van der Waals surface area contributed by atoms with E-state index in [-0.39, 0.29) is 17.8 Å². The van der Waals surface area contributed by atoms with Crippen LogP contribution in [0, 0.1) is 0 Å². The summed E-state index contributed by atoms with van der Waals surface area (Å²) in [5.74, 6) is 0.0935. The quantitative estimate of drug-likeness (QED) is 0.792. The molecule has 0 aliphatic heterocycles. The number of aliphatic hydroxyl groups excluding tert-OH is 1. The Morgan fingerprint density at radius 1 is 1.25 bits per heavy atom. The molecule has 0 spiro atoms. The molecule has 2 rings (SSSR count). The minimum Gasteiger partial charge on any atom is -0.395 e. The van der Waals surface area contributed by atoms with Crippen molar-refractivity contribution >= 4 is 5.78 Å². The third-order valence-corrected chi connectivity index (χ3v) is 3.77. The zero-order valence-corrected chi connectivity index (χ0v) is 9.70. The summed E-state index contributed by atoms with van der Waals surface area (Å²) in [7, 11) is 0. The van der Waals surface area contributed by atoms with Crippen molar-refractivity contribution in [3.05, 3.63) is 35.4 Å². The molecule has 1 aliphatic rings. The minimum absolute atomic E-state index is 0.0463. The maximum Gasteiger partial charge on any atom is 0.159 e. The van der Waals surface area contributed by atoms with Crippen LogP contribution in [0.15, 0.2) is 24.3 Å². The fourth-order valence-corrected chi connectivity index (χ4v) is 2.65. The van der Waals surface area contributed by atoms with Gasteiger partial charge in [-0.2, -0.15) is 0 Å². The average Bonchev–Trinajstić information content (AvgIpc) is 2.79. The van der Waals surface area contributed by atoms with Gasteiger partial charge in [-0.1, -0.05) is 37.1 Å². The monoisotopic (exact) mass is 218 g/mol. The third-order valence-electron chi connectivity index (χ3n) is 3.77. The SMILES string of the molecule is CC(=O)c1ccc(C2(CO)CCCC2)cc1. The number of hydrogen-bond donors (Lipinski definition) is 1. The number of rotatable bonds is 3. The summed E-state index contributed by atoms with van der Waals surface area (Å²) in [4.78, 5) is 11.2. The summed E-state index contributed by atoms with van der Waals surface area (Å²) < 4.78 is 0. The molecule has 16 heavy (non-hydrogen) atoms. The van der Waals surface area contributed by atoms with Gasteiger partial charge in [0, 0.05) is 11.0 Å². The lowest BCUT2D eigenvalue weighted by Crippen LogP contribution is -2.26. The first kappa shape index (κ1) is 11.3. The molecule has 2 heteroatoms. The minimum atomic E-state index is -0.0463. The highest BCUT2D eigenvalue weighted by Crippen LogP contribution is 2.40. The van der Waals surface area contributed by atoms with Crippen LogP contribution >= 0.6 is 0 Å². The molecule has 0 amide bonds. The molecule has 0 bridgehead atoms. The highest BCUT2D eigenvalue weighted by Gasteiger charge is 2.34. The van der Waals surface area contributed by atoms with E-state index >= 15 is 0 Å². The predicted octanol–water partition coefficient (Wildman–Crippen LogP) is 2.69. The molecular formula is C14H18O2. The summed E-state index contributed by atoms with van der Waals surface area (Å²) in [5.41, 5.74) is 1.88. The molecule has 2 nitrogen and oxygen atoms in total. The number of benzene rings is 1. The molecule has 1 saturated carbocycles. The van der Waals surface area contributed by atoms with E-state index in [0.717, 1.165) is 18.4 Å². The van der Waals surface area contributed by atoms with E-state index in [1.165, 1.54) is 18.4 Å². The van der Waals surface area contributed by atoms with Crippen molar-refractivity contribution < 1.29 is 9.90 Å².